The summed E-state index contributed by atoms with van der Waals surface area (Å²) in [5.74, 6) is 0.910. The van der Waals surface area contributed by atoms with Crippen LogP contribution in [-0.2, 0) is 4.79 Å². The van der Waals surface area contributed by atoms with Crippen molar-refractivity contribution in [2.45, 2.75) is 13.3 Å². The van der Waals surface area contributed by atoms with Crippen LogP contribution in [0, 0.1) is 18.3 Å². The number of hydrogen-bond acceptors (Lipinski definition) is 6. The van der Waals surface area contributed by atoms with Crippen LogP contribution in [-0.4, -0.2) is 28.1 Å². The smallest absolute Gasteiger partial charge is 0.319 e. The molecule has 0 saturated carbocycles. The van der Waals surface area contributed by atoms with E-state index in [2.05, 4.69) is 27.1 Å². The van der Waals surface area contributed by atoms with Crippen LogP contribution in [0.2, 0.25) is 0 Å². The maximum absolute atomic E-state index is 12.2. The van der Waals surface area contributed by atoms with E-state index in [0.717, 1.165) is 11.4 Å². The summed E-state index contributed by atoms with van der Waals surface area (Å²) >= 11 is 0. The lowest BCUT2D eigenvalue weighted by Gasteiger charge is -2.12. The second-order valence-corrected chi connectivity index (χ2v) is 7.67. The standard InChI is InChI=1S/C25H23N7O3/c1-16-21(31-25(34)28-12-11-22(27)33)15-32-24(16)23(17(13-26)14-29-32)30-18-7-9-20(10-8-18)35-19-5-3-2-4-6-19/h2-10,14-15,30H,11-12H2,1H3,(H2,27,33)(H2,28,31,34). The first-order valence-corrected chi connectivity index (χ1v) is 10.8. The van der Waals surface area contributed by atoms with Gasteiger partial charge in [0.05, 0.1) is 34.8 Å². The van der Waals surface area contributed by atoms with E-state index >= 15 is 0 Å². The number of amides is 3. The average molecular weight is 470 g/mol. The first kappa shape index (κ1) is 23.1. The maximum atomic E-state index is 12.2. The van der Waals surface area contributed by atoms with E-state index in [0.29, 0.717) is 33.8 Å². The summed E-state index contributed by atoms with van der Waals surface area (Å²) in [4.78, 5) is 23.1. The number of hydrogen-bond donors (Lipinski definition) is 4. The zero-order chi connectivity index (χ0) is 24.8. The van der Waals surface area contributed by atoms with E-state index in [4.69, 9.17) is 10.5 Å². The summed E-state index contributed by atoms with van der Waals surface area (Å²) < 4.78 is 7.42. The minimum atomic E-state index is -0.500. The van der Waals surface area contributed by atoms with E-state index in [9.17, 15) is 14.9 Å². The van der Waals surface area contributed by atoms with E-state index in [1.807, 2.05) is 61.5 Å². The van der Waals surface area contributed by atoms with Crippen LogP contribution in [0.4, 0.5) is 21.9 Å². The number of nitrogens with two attached hydrogens (primary N) is 1. The molecule has 0 unspecified atom stereocenters. The molecule has 2 aromatic carbocycles. The lowest BCUT2D eigenvalue weighted by atomic mass is 10.1. The monoisotopic (exact) mass is 469 g/mol. The van der Waals surface area contributed by atoms with Crippen molar-refractivity contribution in [1.82, 2.24) is 14.9 Å². The molecule has 0 fully saturated rings. The summed E-state index contributed by atoms with van der Waals surface area (Å²) in [6, 6.07) is 18.5. The molecule has 176 valence electrons. The quantitative estimate of drug-likeness (QED) is 0.306. The highest BCUT2D eigenvalue weighted by Crippen LogP contribution is 2.33. The Morgan fingerprint density at radius 2 is 1.83 bits per heavy atom. The fraction of sp³-hybridized carbons (Fsp3) is 0.120. The molecule has 0 spiro atoms. The van der Waals surface area contributed by atoms with Crippen molar-refractivity contribution in [1.29, 1.82) is 5.26 Å². The highest BCUT2D eigenvalue weighted by Gasteiger charge is 2.17. The lowest BCUT2D eigenvalue weighted by molar-refractivity contribution is -0.117. The van der Waals surface area contributed by atoms with Gasteiger partial charge in [-0.3, -0.25) is 4.79 Å². The van der Waals surface area contributed by atoms with Gasteiger partial charge in [-0.2, -0.15) is 10.4 Å². The molecule has 4 aromatic rings. The summed E-state index contributed by atoms with van der Waals surface area (Å²) in [6.07, 6.45) is 3.15. The van der Waals surface area contributed by atoms with Crippen LogP contribution in [0.3, 0.4) is 0 Å². The Morgan fingerprint density at radius 3 is 2.51 bits per heavy atom. The number of ether oxygens (including phenoxy) is 1. The van der Waals surface area contributed by atoms with Gasteiger partial charge in [0, 0.05) is 24.2 Å². The van der Waals surface area contributed by atoms with Gasteiger partial charge in [0.15, 0.2) is 0 Å². The first-order chi connectivity index (χ1) is 16.9. The van der Waals surface area contributed by atoms with Crippen molar-refractivity contribution in [2.75, 3.05) is 17.2 Å². The summed E-state index contributed by atoms with van der Waals surface area (Å²) in [7, 11) is 0. The van der Waals surface area contributed by atoms with Crippen molar-refractivity contribution >= 4 is 34.5 Å². The molecule has 10 heteroatoms. The number of anilines is 3. The molecule has 3 amide bonds. The number of benzene rings is 2. The third-order valence-electron chi connectivity index (χ3n) is 5.19. The Balaban J connectivity index is 1.56. The molecule has 5 N–H and O–H groups in total. The predicted molar refractivity (Wildman–Crippen MR) is 132 cm³/mol. The number of aromatic nitrogens is 2. The van der Waals surface area contributed by atoms with Crippen LogP contribution in [0.15, 0.2) is 67.0 Å². The number of carbonyl (C=O) groups excluding carboxylic acids is 2. The maximum Gasteiger partial charge on any atom is 0.319 e. The van der Waals surface area contributed by atoms with Gasteiger partial charge in [-0.25, -0.2) is 9.31 Å². The number of nitrogens with zero attached hydrogens (tertiary/aromatic N) is 3. The number of rotatable bonds is 8. The van der Waals surface area contributed by atoms with E-state index in [1.165, 1.54) is 6.20 Å². The second kappa shape index (κ2) is 10.3. The Morgan fingerprint density at radius 1 is 1.11 bits per heavy atom. The molecule has 35 heavy (non-hydrogen) atoms. The molecular weight excluding hydrogens is 446 g/mol. The molecule has 0 saturated heterocycles. The zero-order valence-electron chi connectivity index (χ0n) is 18.9. The predicted octanol–water partition coefficient (Wildman–Crippen LogP) is 4.05. The van der Waals surface area contributed by atoms with E-state index in [1.54, 1.807) is 10.7 Å². The van der Waals surface area contributed by atoms with Gasteiger partial charge in [0.25, 0.3) is 0 Å². The number of urea groups is 1. The largest absolute Gasteiger partial charge is 0.457 e. The van der Waals surface area contributed by atoms with Crippen molar-refractivity contribution in [3.05, 3.63) is 78.1 Å². The topological polar surface area (TPSA) is 147 Å². The van der Waals surface area contributed by atoms with Crippen LogP contribution in [0.5, 0.6) is 11.5 Å². The number of para-hydroxylation sites is 1. The molecule has 4 rings (SSSR count). The van der Waals surface area contributed by atoms with Gasteiger partial charge in [-0.1, -0.05) is 18.2 Å². The van der Waals surface area contributed by atoms with Gasteiger partial charge in [-0.05, 0) is 43.3 Å². The minimum absolute atomic E-state index is 0.0421. The summed E-state index contributed by atoms with van der Waals surface area (Å²) in [5, 5.41) is 22.6. The Labute approximate surface area is 201 Å². The molecule has 2 heterocycles. The molecule has 0 radical (unpaired) electrons. The first-order valence-electron chi connectivity index (χ1n) is 10.8. The zero-order valence-corrected chi connectivity index (χ0v) is 18.9. The lowest BCUT2D eigenvalue weighted by Crippen LogP contribution is -2.31. The number of fused-ring (bicyclic) bond motifs is 1. The molecule has 0 aliphatic heterocycles. The van der Waals surface area contributed by atoms with Crippen LogP contribution in [0.25, 0.3) is 5.52 Å². The van der Waals surface area contributed by atoms with E-state index < -0.39 is 11.9 Å². The Hall–Kier alpha value is -5.04. The van der Waals surface area contributed by atoms with Crippen molar-refractivity contribution in [3.63, 3.8) is 0 Å². The van der Waals surface area contributed by atoms with Crippen LogP contribution in [0.1, 0.15) is 17.5 Å². The molecule has 0 bridgehead atoms. The minimum Gasteiger partial charge on any atom is -0.457 e. The van der Waals surface area contributed by atoms with Gasteiger partial charge in [0.2, 0.25) is 5.91 Å². The Bertz CT molecular complexity index is 1410. The highest BCUT2D eigenvalue weighted by molar-refractivity contribution is 5.95. The Kier molecular flexibility index (Phi) is 6.78. The van der Waals surface area contributed by atoms with Gasteiger partial charge in [-0.15, -0.1) is 0 Å². The van der Waals surface area contributed by atoms with Crippen molar-refractivity contribution < 1.29 is 14.3 Å². The summed E-state index contributed by atoms with van der Waals surface area (Å²) in [6.45, 7) is 1.94. The third kappa shape index (κ3) is 5.48. The van der Waals surface area contributed by atoms with E-state index in [-0.39, 0.29) is 13.0 Å². The summed E-state index contributed by atoms with van der Waals surface area (Å²) in [5.41, 5.74) is 8.61. The fourth-order valence-corrected chi connectivity index (χ4v) is 3.47. The molecule has 2 aromatic heterocycles. The normalized spacial score (nSPS) is 10.4. The van der Waals surface area contributed by atoms with Gasteiger partial charge in [0.1, 0.15) is 17.6 Å². The molecule has 0 aliphatic rings. The third-order valence-corrected chi connectivity index (χ3v) is 5.19. The number of nitrogens with one attached hydrogen (secondary N) is 3. The highest BCUT2D eigenvalue weighted by atomic mass is 16.5. The van der Waals surface area contributed by atoms with Crippen molar-refractivity contribution in [3.8, 4) is 17.6 Å². The van der Waals surface area contributed by atoms with Crippen molar-refractivity contribution in [2.24, 2.45) is 5.73 Å². The number of aryl methyl sites for hydroxylation is 1. The van der Waals surface area contributed by atoms with Gasteiger partial charge < -0.3 is 26.4 Å². The average Bonchev–Trinajstić information content (AvgIpc) is 3.16. The number of carbonyl (C=O) groups is 2. The molecule has 0 aliphatic carbocycles. The fourth-order valence-electron chi connectivity index (χ4n) is 3.47. The van der Waals surface area contributed by atoms with Crippen LogP contribution < -0.4 is 26.4 Å². The SMILES string of the molecule is Cc1c(NC(=O)NCCC(N)=O)cn2ncc(C#N)c(Nc3ccc(Oc4ccccc4)cc3)c12. The number of nitriles is 1. The molecule has 10 nitrogen and oxygen atoms in total. The van der Waals surface area contributed by atoms with Gasteiger partial charge >= 0.3 is 6.03 Å². The molecule has 0 atom stereocenters. The number of primary amides is 1. The second-order valence-electron chi connectivity index (χ2n) is 7.67. The van der Waals surface area contributed by atoms with Crippen LogP contribution >= 0.6 is 0 Å². The molecular formula is C25H23N7O3.